The van der Waals surface area contributed by atoms with Crippen molar-refractivity contribution in [1.82, 2.24) is 5.32 Å². The van der Waals surface area contributed by atoms with E-state index >= 15 is 0 Å². The third-order valence-corrected chi connectivity index (χ3v) is 2.44. The molecule has 1 N–H and O–H groups in total. The van der Waals surface area contributed by atoms with E-state index in [2.05, 4.69) is 5.32 Å². The lowest BCUT2D eigenvalue weighted by Gasteiger charge is -2.29. The molecule has 0 unspecified atom stereocenters. The van der Waals surface area contributed by atoms with Gasteiger partial charge in [-0.1, -0.05) is 19.8 Å². The molecule has 18 heavy (non-hydrogen) atoms. The number of ether oxygens (including phenoxy) is 2. The molecule has 0 heterocycles. The second kappa shape index (κ2) is 6.61. The molecule has 0 saturated heterocycles. The van der Waals surface area contributed by atoms with E-state index in [1.54, 1.807) is 27.7 Å². The van der Waals surface area contributed by atoms with Crippen LogP contribution in [0.1, 0.15) is 53.9 Å². The van der Waals surface area contributed by atoms with Crippen LogP contribution in [0.3, 0.4) is 0 Å². The molecule has 0 aliphatic carbocycles. The van der Waals surface area contributed by atoms with Gasteiger partial charge in [-0.2, -0.15) is 0 Å². The minimum absolute atomic E-state index is 0.457. The van der Waals surface area contributed by atoms with Crippen molar-refractivity contribution in [2.45, 2.75) is 65.0 Å². The van der Waals surface area contributed by atoms with Gasteiger partial charge in [-0.05, 0) is 34.1 Å². The maximum absolute atomic E-state index is 11.7. The smallest absolute Gasteiger partial charge is 0.408 e. The van der Waals surface area contributed by atoms with Crippen molar-refractivity contribution in [1.29, 1.82) is 0 Å². The highest BCUT2D eigenvalue weighted by Crippen LogP contribution is 2.17. The Hall–Kier alpha value is -1.26. The van der Waals surface area contributed by atoms with Crippen molar-refractivity contribution in [3.05, 3.63) is 0 Å². The summed E-state index contributed by atoms with van der Waals surface area (Å²) in [7, 11) is 1.31. The summed E-state index contributed by atoms with van der Waals surface area (Å²) < 4.78 is 9.88. The molecule has 0 radical (unpaired) electrons. The van der Waals surface area contributed by atoms with Crippen molar-refractivity contribution < 1.29 is 19.1 Å². The number of amides is 1. The van der Waals surface area contributed by atoms with Crippen LogP contribution in [0.2, 0.25) is 0 Å². The highest BCUT2D eigenvalue weighted by Gasteiger charge is 2.36. The van der Waals surface area contributed by atoms with Crippen LogP contribution in [0, 0.1) is 0 Å². The first-order chi connectivity index (χ1) is 8.14. The number of hydrogen-bond donors (Lipinski definition) is 1. The third-order valence-electron chi connectivity index (χ3n) is 2.44. The predicted molar refractivity (Wildman–Crippen MR) is 69.3 cm³/mol. The second-order valence-electron chi connectivity index (χ2n) is 5.55. The summed E-state index contributed by atoms with van der Waals surface area (Å²) in [4.78, 5) is 23.5. The standard InChI is InChI=1S/C13H25NO4/c1-7-8-9-13(5,10(15)17-6)14-11(16)18-12(2,3)4/h7-9H2,1-6H3,(H,14,16)/t13-/m1/s1. The molecule has 5 heteroatoms. The van der Waals surface area contributed by atoms with Crippen molar-refractivity contribution in [2.24, 2.45) is 0 Å². The Labute approximate surface area is 109 Å². The van der Waals surface area contributed by atoms with Gasteiger partial charge in [-0.3, -0.25) is 0 Å². The Kier molecular flexibility index (Phi) is 6.15. The number of hydrogen-bond acceptors (Lipinski definition) is 4. The maximum atomic E-state index is 11.7. The second-order valence-corrected chi connectivity index (χ2v) is 5.55. The van der Waals surface area contributed by atoms with E-state index in [1.165, 1.54) is 7.11 Å². The summed E-state index contributed by atoms with van der Waals surface area (Å²) in [5, 5.41) is 2.60. The Bertz CT molecular complexity index is 296. The minimum Gasteiger partial charge on any atom is -0.467 e. The van der Waals surface area contributed by atoms with Crippen LogP contribution in [0.5, 0.6) is 0 Å². The fraction of sp³-hybridized carbons (Fsp3) is 0.846. The number of carbonyl (C=O) groups excluding carboxylic acids is 2. The van der Waals surface area contributed by atoms with Gasteiger partial charge >= 0.3 is 12.1 Å². The summed E-state index contributed by atoms with van der Waals surface area (Å²) in [6, 6.07) is 0. The first-order valence-corrected chi connectivity index (χ1v) is 6.24. The van der Waals surface area contributed by atoms with Gasteiger partial charge in [0.15, 0.2) is 0 Å². The van der Waals surface area contributed by atoms with Crippen LogP contribution in [-0.2, 0) is 14.3 Å². The molecule has 0 saturated carbocycles. The highest BCUT2D eigenvalue weighted by molar-refractivity contribution is 5.85. The lowest BCUT2D eigenvalue weighted by Crippen LogP contribution is -2.53. The zero-order chi connectivity index (χ0) is 14.4. The van der Waals surface area contributed by atoms with Crippen LogP contribution >= 0.6 is 0 Å². The summed E-state index contributed by atoms with van der Waals surface area (Å²) >= 11 is 0. The molecule has 1 amide bonds. The molecule has 0 spiro atoms. The van der Waals surface area contributed by atoms with Crippen LogP contribution in [0.25, 0.3) is 0 Å². The first kappa shape index (κ1) is 16.7. The first-order valence-electron chi connectivity index (χ1n) is 6.24. The Morgan fingerprint density at radius 1 is 1.17 bits per heavy atom. The van der Waals surface area contributed by atoms with Crippen LogP contribution in [0.15, 0.2) is 0 Å². The van der Waals surface area contributed by atoms with Crippen LogP contribution in [0.4, 0.5) is 4.79 Å². The average Bonchev–Trinajstić information content (AvgIpc) is 2.22. The molecule has 0 aliphatic heterocycles. The van der Waals surface area contributed by atoms with Crippen LogP contribution in [-0.4, -0.2) is 30.3 Å². The van der Waals surface area contributed by atoms with Gasteiger partial charge in [0.25, 0.3) is 0 Å². The Balaban J connectivity index is 4.69. The van der Waals surface area contributed by atoms with Gasteiger partial charge in [-0.15, -0.1) is 0 Å². The average molecular weight is 259 g/mol. The molecule has 106 valence electrons. The van der Waals surface area contributed by atoms with Gasteiger partial charge in [-0.25, -0.2) is 9.59 Å². The monoisotopic (exact) mass is 259 g/mol. The zero-order valence-electron chi connectivity index (χ0n) is 12.3. The minimum atomic E-state index is -1.03. The number of esters is 1. The molecule has 0 aliphatic rings. The van der Waals surface area contributed by atoms with E-state index in [1.807, 2.05) is 6.92 Å². The summed E-state index contributed by atoms with van der Waals surface area (Å²) in [6.45, 7) is 8.99. The normalized spacial score (nSPS) is 14.6. The number of rotatable bonds is 5. The molecule has 0 rings (SSSR count). The number of carbonyl (C=O) groups is 2. The fourth-order valence-corrected chi connectivity index (χ4v) is 1.50. The fourth-order valence-electron chi connectivity index (χ4n) is 1.50. The molecule has 1 atom stereocenters. The van der Waals surface area contributed by atoms with E-state index in [-0.39, 0.29) is 0 Å². The molecule has 0 aromatic heterocycles. The van der Waals surface area contributed by atoms with E-state index in [4.69, 9.17) is 9.47 Å². The van der Waals surface area contributed by atoms with Crippen molar-refractivity contribution in [3.8, 4) is 0 Å². The van der Waals surface area contributed by atoms with Crippen molar-refractivity contribution in [3.63, 3.8) is 0 Å². The maximum Gasteiger partial charge on any atom is 0.408 e. The summed E-state index contributed by atoms with van der Waals surface area (Å²) in [5.41, 5.74) is -1.63. The number of unbranched alkanes of at least 4 members (excludes halogenated alkanes) is 1. The van der Waals surface area contributed by atoms with Gasteiger partial charge in [0.2, 0.25) is 0 Å². The SMILES string of the molecule is CCCC[C@@](C)(NC(=O)OC(C)(C)C)C(=O)OC. The lowest BCUT2D eigenvalue weighted by atomic mass is 9.95. The largest absolute Gasteiger partial charge is 0.467 e. The lowest BCUT2D eigenvalue weighted by molar-refractivity contribution is -0.148. The third kappa shape index (κ3) is 5.89. The van der Waals surface area contributed by atoms with Gasteiger partial charge in [0.05, 0.1) is 7.11 Å². The summed E-state index contributed by atoms with van der Waals surface area (Å²) in [5.74, 6) is -0.457. The molecule has 5 nitrogen and oxygen atoms in total. The van der Waals surface area contributed by atoms with E-state index < -0.39 is 23.2 Å². The van der Waals surface area contributed by atoms with E-state index in [0.29, 0.717) is 6.42 Å². The zero-order valence-corrected chi connectivity index (χ0v) is 12.3. The van der Waals surface area contributed by atoms with Crippen molar-refractivity contribution in [2.75, 3.05) is 7.11 Å². The molecule has 0 bridgehead atoms. The Morgan fingerprint density at radius 2 is 1.72 bits per heavy atom. The Morgan fingerprint density at radius 3 is 2.11 bits per heavy atom. The highest BCUT2D eigenvalue weighted by atomic mass is 16.6. The van der Waals surface area contributed by atoms with Gasteiger partial charge in [0.1, 0.15) is 11.1 Å². The number of alkyl carbamates (subject to hydrolysis) is 1. The topological polar surface area (TPSA) is 64.6 Å². The molecule has 0 fully saturated rings. The predicted octanol–water partition coefficient (Wildman–Crippen LogP) is 2.63. The van der Waals surface area contributed by atoms with E-state index in [0.717, 1.165) is 12.8 Å². The molecule has 0 aromatic carbocycles. The van der Waals surface area contributed by atoms with E-state index in [9.17, 15) is 9.59 Å². The van der Waals surface area contributed by atoms with Gasteiger partial charge < -0.3 is 14.8 Å². The molecular formula is C13H25NO4. The van der Waals surface area contributed by atoms with Gasteiger partial charge in [0, 0.05) is 0 Å². The summed E-state index contributed by atoms with van der Waals surface area (Å²) in [6.07, 6.45) is 1.67. The molecular weight excluding hydrogens is 234 g/mol. The number of methoxy groups -OCH3 is 1. The van der Waals surface area contributed by atoms with Crippen LogP contribution < -0.4 is 5.32 Å². The van der Waals surface area contributed by atoms with Crippen molar-refractivity contribution >= 4 is 12.1 Å². The number of nitrogens with one attached hydrogen (secondary N) is 1. The quantitative estimate of drug-likeness (QED) is 0.771. The molecule has 0 aromatic rings.